The van der Waals surface area contributed by atoms with Gasteiger partial charge in [-0.2, -0.15) is 5.10 Å². The van der Waals surface area contributed by atoms with Crippen LogP contribution in [0.3, 0.4) is 0 Å². The normalized spacial score (nSPS) is 31.6. The molecule has 1 aromatic rings. The zero-order chi connectivity index (χ0) is 15.3. The van der Waals surface area contributed by atoms with Crippen molar-refractivity contribution in [2.24, 2.45) is 21.8 Å². The Morgan fingerprint density at radius 3 is 2.48 bits per heavy atom. The number of hydrogen-bond donors (Lipinski definition) is 1. The van der Waals surface area contributed by atoms with Crippen molar-refractivity contribution in [3.8, 4) is 0 Å². The van der Waals surface area contributed by atoms with Gasteiger partial charge in [-0.05, 0) is 54.9 Å². The first-order chi connectivity index (χ1) is 9.84. The van der Waals surface area contributed by atoms with Crippen LogP contribution in [0.2, 0.25) is 5.02 Å². The topological polar surface area (TPSA) is 41.5 Å². The minimum atomic E-state index is -0.177. The summed E-state index contributed by atoms with van der Waals surface area (Å²) in [5.41, 5.74) is 4.83. The molecule has 2 aliphatic rings. The first kappa shape index (κ1) is 14.6. The summed E-state index contributed by atoms with van der Waals surface area (Å²) < 4.78 is 0. The molecule has 4 heteroatoms. The first-order valence-corrected chi connectivity index (χ1v) is 7.85. The number of carbonyl (C=O) groups is 1. The summed E-state index contributed by atoms with van der Waals surface area (Å²) in [4.78, 5) is 12.1. The van der Waals surface area contributed by atoms with Crippen molar-refractivity contribution in [2.45, 2.75) is 40.0 Å². The maximum Gasteiger partial charge on any atom is 0.271 e. The van der Waals surface area contributed by atoms with Crippen LogP contribution >= 0.6 is 11.6 Å². The highest BCUT2D eigenvalue weighted by molar-refractivity contribution is 6.30. The average molecular weight is 305 g/mol. The highest BCUT2D eigenvalue weighted by Crippen LogP contribution is 2.63. The van der Waals surface area contributed by atoms with Gasteiger partial charge in [0.15, 0.2) is 0 Å². The Labute approximate surface area is 130 Å². The van der Waals surface area contributed by atoms with Crippen LogP contribution in [0.15, 0.2) is 29.4 Å². The number of nitrogens with zero attached hydrogens (tertiary/aromatic N) is 1. The third-order valence-electron chi connectivity index (χ3n) is 5.91. The number of benzene rings is 1. The van der Waals surface area contributed by atoms with Gasteiger partial charge in [-0.3, -0.25) is 4.79 Å². The SMILES string of the molecule is CC12CCC(CC1=NNC(=O)c1ccc(Cl)cc1)C2(C)C. The lowest BCUT2D eigenvalue weighted by Gasteiger charge is -2.34. The monoisotopic (exact) mass is 304 g/mol. The van der Waals surface area contributed by atoms with Crippen LogP contribution in [0.4, 0.5) is 0 Å². The van der Waals surface area contributed by atoms with Crippen molar-refractivity contribution in [1.82, 2.24) is 5.43 Å². The molecule has 2 atom stereocenters. The molecule has 1 N–H and O–H groups in total. The molecule has 0 saturated heterocycles. The van der Waals surface area contributed by atoms with Crippen LogP contribution in [0.1, 0.15) is 50.4 Å². The lowest BCUT2D eigenvalue weighted by atomic mass is 9.70. The van der Waals surface area contributed by atoms with Crippen molar-refractivity contribution < 1.29 is 4.79 Å². The summed E-state index contributed by atoms with van der Waals surface area (Å²) in [6.45, 7) is 6.94. The van der Waals surface area contributed by atoms with Gasteiger partial charge in [0.25, 0.3) is 5.91 Å². The second-order valence-corrected chi connectivity index (χ2v) is 7.44. The van der Waals surface area contributed by atoms with E-state index in [0.717, 1.165) is 12.1 Å². The summed E-state index contributed by atoms with van der Waals surface area (Å²) >= 11 is 5.83. The quantitative estimate of drug-likeness (QED) is 0.814. The fourth-order valence-corrected chi connectivity index (χ4v) is 4.01. The van der Waals surface area contributed by atoms with E-state index in [1.807, 2.05) is 0 Å². The van der Waals surface area contributed by atoms with Crippen LogP contribution in [0, 0.1) is 16.7 Å². The van der Waals surface area contributed by atoms with Crippen molar-refractivity contribution in [1.29, 1.82) is 0 Å². The van der Waals surface area contributed by atoms with Crippen molar-refractivity contribution >= 4 is 23.2 Å². The Hall–Kier alpha value is -1.35. The van der Waals surface area contributed by atoms with Gasteiger partial charge in [-0.15, -0.1) is 0 Å². The van der Waals surface area contributed by atoms with Gasteiger partial charge in [0.05, 0.1) is 0 Å². The predicted molar refractivity (Wildman–Crippen MR) is 85.6 cm³/mol. The molecule has 0 spiro atoms. The van der Waals surface area contributed by atoms with Crippen LogP contribution < -0.4 is 5.43 Å². The van der Waals surface area contributed by atoms with E-state index in [1.165, 1.54) is 12.8 Å². The zero-order valence-electron chi connectivity index (χ0n) is 12.7. The van der Waals surface area contributed by atoms with Gasteiger partial charge >= 0.3 is 0 Å². The van der Waals surface area contributed by atoms with Gasteiger partial charge < -0.3 is 0 Å². The van der Waals surface area contributed by atoms with Gasteiger partial charge in [-0.25, -0.2) is 5.43 Å². The lowest BCUT2D eigenvalue weighted by molar-refractivity contribution is 0.0954. The smallest absolute Gasteiger partial charge is 0.267 e. The third-order valence-corrected chi connectivity index (χ3v) is 6.16. The Kier molecular flexibility index (Phi) is 3.36. The zero-order valence-corrected chi connectivity index (χ0v) is 13.5. The van der Waals surface area contributed by atoms with E-state index in [4.69, 9.17) is 11.6 Å². The highest BCUT2D eigenvalue weighted by Gasteiger charge is 2.59. The van der Waals surface area contributed by atoms with E-state index in [0.29, 0.717) is 16.5 Å². The molecule has 2 saturated carbocycles. The van der Waals surface area contributed by atoms with Crippen molar-refractivity contribution in [3.63, 3.8) is 0 Å². The number of hydrogen-bond acceptors (Lipinski definition) is 2. The number of amides is 1. The molecule has 21 heavy (non-hydrogen) atoms. The fourth-order valence-electron chi connectivity index (χ4n) is 3.88. The second kappa shape index (κ2) is 4.84. The molecule has 2 aliphatic carbocycles. The Morgan fingerprint density at radius 1 is 1.29 bits per heavy atom. The molecule has 2 bridgehead atoms. The Balaban J connectivity index is 1.76. The lowest BCUT2D eigenvalue weighted by Crippen LogP contribution is -2.34. The Morgan fingerprint density at radius 2 is 1.95 bits per heavy atom. The second-order valence-electron chi connectivity index (χ2n) is 7.00. The molecule has 2 unspecified atom stereocenters. The van der Waals surface area contributed by atoms with Crippen LogP contribution in [0.25, 0.3) is 0 Å². The number of rotatable bonds is 2. The predicted octanol–water partition coefficient (Wildman–Crippen LogP) is 4.27. The first-order valence-electron chi connectivity index (χ1n) is 7.47. The van der Waals surface area contributed by atoms with Crippen LogP contribution in [-0.2, 0) is 0 Å². The minimum Gasteiger partial charge on any atom is -0.267 e. The van der Waals surface area contributed by atoms with Gasteiger partial charge in [-0.1, -0.05) is 32.4 Å². The van der Waals surface area contributed by atoms with E-state index in [1.54, 1.807) is 24.3 Å². The third kappa shape index (κ3) is 2.18. The number of hydrazone groups is 1. The molecule has 0 radical (unpaired) electrons. The maximum atomic E-state index is 12.1. The molecule has 0 aliphatic heterocycles. The summed E-state index contributed by atoms with van der Waals surface area (Å²) in [7, 11) is 0. The van der Waals surface area contributed by atoms with Crippen molar-refractivity contribution in [2.75, 3.05) is 0 Å². The van der Waals surface area contributed by atoms with Crippen LogP contribution in [0.5, 0.6) is 0 Å². The van der Waals surface area contributed by atoms with E-state index >= 15 is 0 Å². The van der Waals surface area contributed by atoms with Crippen LogP contribution in [-0.4, -0.2) is 11.6 Å². The van der Waals surface area contributed by atoms with Gasteiger partial charge in [0.2, 0.25) is 0 Å². The molecular weight excluding hydrogens is 284 g/mol. The maximum absolute atomic E-state index is 12.1. The number of fused-ring (bicyclic) bond motifs is 2. The van der Waals surface area contributed by atoms with E-state index < -0.39 is 0 Å². The summed E-state index contributed by atoms with van der Waals surface area (Å²) in [5.74, 6) is 0.511. The average Bonchev–Trinajstić information content (AvgIpc) is 2.78. The summed E-state index contributed by atoms with van der Waals surface area (Å²) in [6, 6.07) is 6.85. The Bertz CT molecular complexity index is 606. The number of halogens is 1. The molecule has 3 nitrogen and oxygen atoms in total. The minimum absolute atomic E-state index is 0.116. The van der Waals surface area contributed by atoms with Gasteiger partial charge in [0, 0.05) is 21.7 Å². The van der Waals surface area contributed by atoms with Gasteiger partial charge in [0.1, 0.15) is 0 Å². The molecule has 0 aromatic heterocycles. The molecule has 1 aromatic carbocycles. The van der Waals surface area contributed by atoms with E-state index in [9.17, 15) is 4.79 Å². The van der Waals surface area contributed by atoms with E-state index in [-0.39, 0.29) is 16.7 Å². The summed E-state index contributed by atoms with van der Waals surface area (Å²) in [5, 5.41) is 5.08. The number of nitrogens with one attached hydrogen (secondary N) is 1. The molecule has 2 fully saturated rings. The fraction of sp³-hybridized carbons (Fsp3) is 0.529. The molecule has 112 valence electrons. The summed E-state index contributed by atoms with van der Waals surface area (Å²) in [6.07, 6.45) is 3.44. The number of carbonyl (C=O) groups excluding carboxylic acids is 1. The molecule has 1 amide bonds. The molecule has 3 rings (SSSR count). The largest absolute Gasteiger partial charge is 0.271 e. The van der Waals surface area contributed by atoms with E-state index in [2.05, 4.69) is 31.3 Å². The van der Waals surface area contributed by atoms with Crippen molar-refractivity contribution in [3.05, 3.63) is 34.9 Å². The molecule has 0 heterocycles. The standard InChI is InChI=1S/C17H21ClN2O/c1-16(2)12-8-9-17(16,3)14(10-12)19-20-15(21)11-4-6-13(18)7-5-11/h4-7,12H,8-10H2,1-3H3,(H,20,21). The molecular formula is C17H21ClN2O. The highest BCUT2D eigenvalue weighted by atomic mass is 35.5.